The Bertz CT molecular complexity index is 753. The molecule has 7 heteroatoms. The number of nitrogens with two attached hydrogens (primary N) is 1. The van der Waals surface area contributed by atoms with Crippen molar-refractivity contribution in [2.75, 3.05) is 16.8 Å². The van der Waals surface area contributed by atoms with Crippen molar-refractivity contribution in [2.24, 2.45) is 5.73 Å². The van der Waals surface area contributed by atoms with Gasteiger partial charge in [-0.3, -0.25) is 9.59 Å². The molecule has 23 heavy (non-hydrogen) atoms. The van der Waals surface area contributed by atoms with Crippen molar-refractivity contribution in [3.8, 4) is 0 Å². The van der Waals surface area contributed by atoms with Gasteiger partial charge in [0.2, 0.25) is 11.8 Å². The van der Waals surface area contributed by atoms with Crippen LogP contribution in [0.25, 0.3) is 0 Å². The van der Waals surface area contributed by atoms with Crippen LogP contribution in [0.4, 0.5) is 17.3 Å². The second-order valence-corrected chi connectivity index (χ2v) is 5.62. The van der Waals surface area contributed by atoms with Gasteiger partial charge in [0, 0.05) is 31.1 Å². The monoisotopic (exact) mass is 313 g/mol. The molecule has 0 bridgehead atoms. The number of carbonyl (C=O) groups is 2. The predicted octanol–water partition coefficient (Wildman–Crippen LogP) is 1.55. The molecule has 120 valence electrons. The fraction of sp³-hybridized carbons (Fsp3) is 0.312. The van der Waals surface area contributed by atoms with Crippen LogP contribution in [0.3, 0.4) is 0 Å². The number of fused-ring (bicyclic) bond motifs is 1. The van der Waals surface area contributed by atoms with E-state index in [9.17, 15) is 9.59 Å². The van der Waals surface area contributed by atoms with Gasteiger partial charge >= 0.3 is 0 Å². The number of hydrogen-bond acceptors (Lipinski definition) is 4. The van der Waals surface area contributed by atoms with Gasteiger partial charge < -0.3 is 16.0 Å². The van der Waals surface area contributed by atoms with Gasteiger partial charge in [-0.1, -0.05) is 12.1 Å². The lowest BCUT2D eigenvalue weighted by Crippen LogP contribution is -2.18. The molecule has 1 aliphatic rings. The molecule has 0 unspecified atom stereocenters. The summed E-state index contributed by atoms with van der Waals surface area (Å²) in [6, 6.07) is 10.1. The van der Waals surface area contributed by atoms with Crippen LogP contribution in [-0.2, 0) is 16.1 Å². The largest absolute Gasteiger partial charge is 0.370 e. The summed E-state index contributed by atoms with van der Waals surface area (Å²) >= 11 is 0. The minimum absolute atomic E-state index is 0.0365. The number of amides is 2. The molecule has 2 heterocycles. The fourth-order valence-electron chi connectivity index (χ4n) is 2.66. The molecule has 0 spiro atoms. The second-order valence-electron chi connectivity index (χ2n) is 5.62. The summed E-state index contributed by atoms with van der Waals surface area (Å²) in [4.78, 5) is 24.6. The van der Waals surface area contributed by atoms with Crippen LogP contribution in [-0.4, -0.2) is 28.1 Å². The normalized spacial score (nSPS) is 13.0. The van der Waals surface area contributed by atoms with Gasteiger partial charge in [-0.05, 0) is 24.6 Å². The van der Waals surface area contributed by atoms with E-state index in [4.69, 9.17) is 5.73 Å². The van der Waals surface area contributed by atoms with E-state index in [0.717, 1.165) is 24.6 Å². The predicted molar refractivity (Wildman–Crippen MR) is 87.5 cm³/mol. The highest BCUT2D eigenvalue weighted by Crippen LogP contribution is 2.32. The Morgan fingerprint density at radius 3 is 2.83 bits per heavy atom. The van der Waals surface area contributed by atoms with E-state index < -0.39 is 5.91 Å². The molecule has 0 atom stereocenters. The third kappa shape index (κ3) is 3.33. The SMILES string of the molecule is Cc1cccc(N2CCn3nc(NC(=O)CCC(N)=O)cc32)c1. The molecule has 2 amide bonds. The number of benzene rings is 1. The minimum atomic E-state index is -0.488. The van der Waals surface area contributed by atoms with Crippen LogP contribution in [0.15, 0.2) is 30.3 Å². The highest BCUT2D eigenvalue weighted by atomic mass is 16.2. The van der Waals surface area contributed by atoms with Crippen molar-refractivity contribution in [3.63, 3.8) is 0 Å². The lowest BCUT2D eigenvalue weighted by molar-refractivity contribution is -0.122. The first kappa shape index (κ1) is 15.1. The molecular formula is C16H19N5O2. The Kier molecular flexibility index (Phi) is 4.01. The van der Waals surface area contributed by atoms with Crippen LogP contribution < -0.4 is 16.0 Å². The highest BCUT2D eigenvalue weighted by molar-refractivity contribution is 5.92. The highest BCUT2D eigenvalue weighted by Gasteiger charge is 2.23. The van der Waals surface area contributed by atoms with Crippen molar-refractivity contribution >= 4 is 29.1 Å². The Morgan fingerprint density at radius 2 is 2.09 bits per heavy atom. The molecule has 7 nitrogen and oxygen atoms in total. The molecule has 2 aromatic rings. The zero-order valence-electron chi connectivity index (χ0n) is 13.0. The molecule has 1 aliphatic heterocycles. The van der Waals surface area contributed by atoms with E-state index in [1.54, 1.807) is 0 Å². The van der Waals surface area contributed by atoms with Gasteiger partial charge in [0.1, 0.15) is 5.82 Å². The number of aromatic nitrogens is 2. The second kappa shape index (κ2) is 6.12. The number of primary amides is 1. The average Bonchev–Trinajstić information content (AvgIpc) is 3.04. The summed E-state index contributed by atoms with van der Waals surface area (Å²) in [6.45, 7) is 3.67. The maximum Gasteiger partial charge on any atom is 0.226 e. The van der Waals surface area contributed by atoms with Crippen molar-refractivity contribution in [2.45, 2.75) is 26.3 Å². The maximum absolute atomic E-state index is 11.8. The number of anilines is 3. The molecule has 1 aromatic carbocycles. The standard InChI is InChI=1S/C16H19N5O2/c1-11-3-2-4-12(9-11)20-7-8-21-16(20)10-14(19-21)18-15(23)6-5-13(17)22/h2-4,9-10H,5-8H2,1H3,(H2,17,22)(H,18,19,23). The summed E-state index contributed by atoms with van der Waals surface area (Å²) in [5.74, 6) is 0.688. The molecule has 0 fully saturated rings. The van der Waals surface area contributed by atoms with E-state index in [-0.39, 0.29) is 18.7 Å². The number of rotatable bonds is 5. The van der Waals surface area contributed by atoms with Crippen LogP contribution >= 0.6 is 0 Å². The number of hydrogen-bond donors (Lipinski definition) is 2. The summed E-state index contributed by atoms with van der Waals surface area (Å²) in [5.41, 5.74) is 7.34. The summed E-state index contributed by atoms with van der Waals surface area (Å²) in [7, 11) is 0. The number of carbonyl (C=O) groups excluding carboxylic acids is 2. The van der Waals surface area contributed by atoms with E-state index in [2.05, 4.69) is 40.4 Å². The van der Waals surface area contributed by atoms with Gasteiger partial charge in [0.05, 0.1) is 6.54 Å². The lowest BCUT2D eigenvalue weighted by atomic mass is 10.2. The van der Waals surface area contributed by atoms with E-state index in [0.29, 0.717) is 5.82 Å². The van der Waals surface area contributed by atoms with Crippen LogP contribution in [0.2, 0.25) is 0 Å². The van der Waals surface area contributed by atoms with Gasteiger partial charge in [-0.2, -0.15) is 5.10 Å². The summed E-state index contributed by atoms with van der Waals surface area (Å²) in [6.07, 6.45) is 0.105. The van der Waals surface area contributed by atoms with Crippen LogP contribution in [0.1, 0.15) is 18.4 Å². The van der Waals surface area contributed by atoms with Gasteiger partial charge in [-0.25, -0.2) is 4.68 Å². The molecular weight excluding hydrogens is 294 g/mol. The molecule has 1 aromatic heterocycles. The van der Waals surface area contributed by atoms with Crippen molar-refractivity contribution < 1.29 is 9.59 Å². The summed E-state index contributed by atoms with van der Waals surface area (Å²) < 4.78 is 1.87. The van der Waals surface area contributed by atoms with E-state index >= 15 is 0 Å². The quantitative estimate of drug-likeness (QED) is 0.875. The third-order valence-electron chi connectivity index (χ3n) is 3.75. The Labute approximate surface area is 134 Å². The van der Waals surface area contributed by atoms with Gasteiger partial charge in [0.25, 0.3) is 0 Å². The summed E-state index contributed by atoms with van der Waals surface area (Å²) in [5, 5.41) is 7.09. The third-order valence-corrected chi connectivity index (χ3v) is 3.75. The minimum Gasteiger partial charge on any atom is -0.370 e. The van der Waals surface area contributed by atoms with Crippen molar-refractivity contribution in [3.05, 3.63) is 35.9 Å². The molecule has 3 rings (SSSR count). The van der Waals surface area contributed by atoms with Crippen molar-refractivity contribution in [1.82, 2.24) is 9.78 Å². The topological polar surface area (TPSA) is 93.2 Å². The van der Waals surface area contributed by atoms with Gasteiger partial charge in [-0.15, -0.1) is 0 Å². The Hall–Kier alpha value is -2.83. The Morgan fingerprint density at radius 1 is 1.26 bits per heavy atom. The zero-order chi connectivity index (χ0) is 16.4. The number of aryl methyl sites for hydroxylation is 1. The first-order valence-corrected chi connectivity index (χ1v) is 7.53. The number of nitrogens with zero attached hydrogens (tertiary/aromatic N) is 3. The van der Waals surface area contributed by atoms with Crippen molar-refractivity contribution in [1.29, 1.82) is 0 Å². The lowest BCUT2D eigenvalue weighted by Gasteiger charge is -2.17. The molecule has 3 N–H and O–H groups in total. The average molecular weight is 313 g/mol. The molecule has 0 radical (unpaired) electrons. The first-order chi connectivity index (χ1) is 11.0. The molecule has 0 saturated heterocycles. The molecule has 0 aliphatic carbocycles. The van der Waals surface area contributed by atoms with E-state index in [1.807, 2.05) is 16.8 Å². The zero-order valence-corrected chi connectivity index (χ0v) is 13.0. The first-order valence-electron chi connectivity index (χ1n) is 7.53. The number of nitrogens with one attached hydrogen (secondary N) is 1. The fourth-order valence-corrected chi connectivity index (χ4v) is 2.66. The van der Waals surface area contributed by atoms with E-state index in [1.165, 1.54) is 5.56 Å². The van der Waals surface area contributed by atoms with Crippen LogP contribution in [0, 0.1) is 6.92 Å². The van der Waals surface area contributed by atoms with Crippen LogP contribution in [0.5, 0.6) is 0 Å². The van der Waals surface area contributed by atoms with Gasteiger partial charge in [0.15, 0.2) is 5.82 Å². The smallest absolute Gasteiger partial charge is 0.226 e. The molecule has 0 saturated carbocycles. The Balaban J connectivity index is 1.73. The maximum atomic E-state index is 11.8.